The molecule has 2 aromatic carbocycles. The minimum Gasteiger partial charge on any atom is -0.478 e. The minimum absolute atomic E-state index is 0.103. The molecular formula is C27H28N4O3S. The van der Waals surface area contributed by atoms with Crippen LogP contribution >= 0.6 is 12.2 Å². The summed E-state index contributed by atoms with van der Waals surface area (Å²) in [5.74, 6) is -0.399. The lowest BCUT2D eigenvalue weighted by Crippen LogP contribution is -2.21. The molecule has 1 aliphatic carbocycles. The molecule has 4 rings (SSSR count). The number of carboxylic acids is 1. The Balaban J connectivity index is 2.11. The van der Waals surface area contributed by atoms with Gasteiger partial charge in [0, 0.05) is 59.7 Å². The Kier molecular flexibility index (Phi) is 7.02. The van der Waals surface area contributed by atoms with E-state index >= 15 is 0 Å². The number of anilines is 2. The molecule has 7 nitrogen and oxygen atoms in total. The summed E-state index contributed by atoms with van der Waals surface area (Å²) in [5, 5.41) is 14.7. The Labute approximate surface area is 209 Å². The molecule has 1 heterocycles. The van der Waals surface area contributed by atoms with Crippen molar-refractivity contribution in [2.75, 3.05) is 29.9 Å². The molecule has 0 saturated carbocycles. The summed E-state index contributed by atoms with van der Waals surface area (Å²) < 4.78 is 6.38. The van der Waals surface area contributed by atoms with Gasteiger partial charge in [0.15, 0.2) is 5.11 Å². The standard InChI is InChI=1S/C27H28N4O3S/c1-4-29-16-7-11-20-23(14-16)34-24-15-18(31(5-2)6-3)9-12-21(24)25(20)22-13-17(30-27(28)35)8-10-19(22)26(32)33/h7-15H,4-6H2,1-3H3,(H,32,33)(H3,28,30,35)/b29-16-. The van der Waals surface area contributed by atoms with E-state index in [1.807, 2.05) is 43.3 Å². The van der Waals surface area contributed by atoms with Crippen LogP contribution in [0.1, 0.15) is 31.1 Å². The fourth-order valence-electron chi connectivity index (χ4n) is 4.38. The van der Waals surface area contributed by atoms with Crippen LogP contribution in [0.3, 0.4) is 0 Å². The van der Waals surface area contributed by atoms with Crippen LogP contribution in [-0.2, 0) is 0 Å². The smallest absolute Gasteiger partial charge is 0.336 e. The van der Waals surface area contributed by atoms with Crippen molar-refractivity contribution in [1.29, 1.82) is 0 Å². The van der Waals surface area contributed by atoms with Crippen molar-refractivity contribution in [3.05, 3.63) is 65.5 Å². The van der Waals surface area contributed by atoms with Crippen molar-refractivity contribution in [2.45, 2.75) is 20.8 Å². The lowest BCUT2D eigenvalue weighted by Gasteiger charge is -2.23. The summed E-state index contributed by atoms with van der Waals surface area (Å²) in [6, 6.07) is 16.8. The second-order valence-corrected chi connectivity index (χ2v) is 8.48. The molecule has 2 aromatic rings. The zero-order valence-electron chi connectivity index (χ0n) is 20.0. The van der Waals surface area contributed by atoms with Crippen molar-refractivity contribution >= 4 is 45.6 Å². The minimum atomic E-state index is -1.03. The lowest BCUT2D eigenvalue weighted by molar-refractivity contribution is 0.0698. The summed E-state index contributed by atoms with van der Waals surface area (Å²) in [4.78, 5) is 19.0. The maximum Gasteiger partial charge on any atom is 0.336 e. The summed E-state index contributed by atoms with van der Waals surface area (Å²) in [5.41, 5.74) is 10.3. The van der Waals surface area contributed by atoms with Crippen LogP contribution in [0, 0.1) is 0 Å². The van der Waals surface area contributed by atoms with Gasteiger partial charge < -0.3 is 25.5 Å². The molecule has 8 heteroatoms. The van der Waals surface area contributed by atoms with Gasteiger partial charge in [-0.05, 0) is 81.0 Å². The van der Waals surface area contributed by atoms with E-state index < -0.39 is 5.97 Å². The Morgan fingerprint density at radius 2 is 1.83 bits per heavy atom. The number of carbonyl (C=O) groups is 1. The number of nitrogens with zero attached hydrogens (tertiary/aromatic N) is 2. The topological polar surface area (TPSA) is 104 Å². The Bertz CT molecular complexity index is 1460. The average Bonchev–Trinajstić information content (AvgIpc) is 2.82. The molecule has 0 atom stereocenters. The maximum absolute atomic E-state index is 12.2. The Morgan fingerprint density at radius 3 is 2.49 bits per heavy atom. The highest BCUT2D eigenvalue weighted by molar-refractivity contribution is 7.80. The largest absolute Gasteiger partial charge is 0.478 e. The van der Waals surface area contributed by atoms with Gasteiger partial charge in [0.25, 0.3) is 0 Å². The van der Waals surface area contributed by atoms with Crippen molar-refractivity contribution in [3.63, 3.8) is 0 Å². The molecule has 0 bridgehead atoms. The fourth-order valence-corrected chi connectivity index (χ4v) is 4.50. The molecular weight excluding hydrogens is 460 g/mol. The number of rotatable bonds is 7. The van der Waals surface area contributed by atoms with Crippen LogP contribution in [-0.4, -0.2) is 35.8 Å². The van der Waals surface area contributed by atoms with E-state index in [-0.39, 0.29) is 10.7 Å². The number of hydrogen-bond donors (Lipinski definition) is 3. The monoisotopic (exact) mass is 488 g/mol. The molecule has 1 aliphatic heterocycles. The van der Waals surface area contributed by atoms with Gasteiger partial charge in [0.05, 0.1) is 10.9 Å². The number of carboxylic acid groups (broad SMARTS) is 1. The molecule has 0 spiro atoms. The van der Waals surface area contributed by atoms with Crippen LogP contribution < -0.4 is 21.3 Å². The van der Waals surface area contributed by atoms with Crippen molar-refractivity contribution in [3.8, 4) is 22.5 Å². The summed E-state index contributed by atoms with van der Waals surface area (Å²) in [6.45, 7) is 8.55. The van der Waals surface area contributed by atoms with Gasteiger partial charge in [-0.3, -0.25) is 4.99 Å². The van der Waals surface area contributed by atoms with E-state index in [0.717, 1.165) is 40.6 Å². The number of nitrogens with two attached hydrogens (primary N) is 1. The third-order valence-corrected chi connectivity index (χ3v) is 6.05. The second-order valence-electron chi connectivity index (χ2n) is 8.04. The lowest BCUT2D eigenvalue weighted by atomic mass is 9.90. The fraction of sp³-hybridized carbons (Fsp3) is 0.222. The predicted octanol–water partition coefficient (Wildman–Crippen LogP) is 5.33. The summed E-state index contributed by atoms with van der Waals surface area (Å²) >= 11 is 5.00. The third-order valence-electron chi connectivity index (χ3n) is 5.95. The zero-order chi connectivity index (χ0) is 25.1. The zero-order valence-corrected chi connectivity index (χ0v) is 20.8. The van der Waals surface area contributed by atoms with Crippen molar-refractivity contribution in [2.24, 2.45) is 10.7 Å². The molecule has 2 aliphatic rings. The van der Waals surface area contributed by atoms with Crippen LogP contribution in [0.25, 0.3) is 33.4 Å². The quantitative estimate of drug-likeness (QED) is 0.239. The molecule has 0 fully saturated rings. The predicted molar refractivity (Wildman–Crippen MR) is 145 cm³/mol. The van der Waals surface area contributed by atoms with E-state index in [2.05, 4.69) is 29.1 Å². The number of hydrogen-bond acceptors (Lipinski definition) is 5. The van der Waals surface area contributed by atoms with Crippen molar-refractivity contribution in [1.82, 2.24) is 0 Å². The van der Waals surface area contributed by atoms with E-state index in [1.165, 1.54) is 0 Å². The number of fused-ring (bicyclic) bond motifs is 2. The summed E-state index contributed by atoms with van der Waals surface area (Å²) in [6.07, 6.45) is 0. The Hall–Kier alpha value is -3.91. The molecule has 0 radical (unpaired) electrons. The number of thiocarbonyl (C=S) groups is 1. The van der Waals surface area contributed by atoms with Crippen LogP contribution in [0.4, 0.5) is 11.4 Å². The highest BCUT2D eigenvalue weighted by Crippen LogP contribution is 2.42. The highest BCUT2D eigenvalue weighted by atomic mass is 32.1. The van der Waals surface area contributed by atoms with Crippen LogP contribution in [0.15, 0.2) is 64.0 Å². The third kappa shape index (κ3) is 4.83. The highest BCUT2D eigenvalue weighted by Gasteiger charge is 2.22. The maximum atomic E-state index is 12.2. The van der Waals surface area contributed by atoms with Crippen molar-refractivity contribution < 1.29 is 14.3 Å². The van der Waals surface area contributed by atoms with E-state index in [0.29, 0.717) is 29.1 Å². The molecule has 0 saturated heterocycles. The van der Waals surface area contributed by atoms with Crippen LogP contribution in [0.2, 0.25) is 0 Å². The molecule has 0 aromatic heterocycles. The first-order chi connectivity index (χ1) is 16.9. The number of aromatic carboxylic acids is 1. The first kappa shape index (κ1) is 24.2. The molecule has 180 valence electrons. The van der Waals surface area contributed by atoms with Gasteiger partial charge >= 0.3 is 5.97 Å². The van der Waals surface area contributed by atoms with Gasteiger partial charge in [-0.1, -0.05) is 0 Å². The average molecular weight is 489 g/mol. The molecule has 0 amide bonds. The molecule has 4 N–H and O–H groups in total. The van der Waals surface area contributed by atoms with Gasteiger partial charge in [0.2, 0.25) is 0 Å². The molecule has 0 unspecified atom stereocenters. The van der Waals surface area contributed by atoms with E-state index in [1.54, 1.807) is 18.2 Å². The van der Waals surface area contributed by atoms with E-state index in [9.17, 15) is 9.90 Å². The molecule has 35 heavy (non-hydrogen) atoms. The van der Waals surface area contributed by atoms with E-state index in [4.69, 9.17) is 22.4 Å². The first-order valence-corrected chi connectivity index (χ1v) is 12.0. The van der Waals surface area contributed by atoms with Crippen LogP contribution in [0.5, 0.6) is 0 Å². The van der Waals surface area contributed by atoms with Gasteiger partial charge in [-0.15, -0.1) is 0 Å². The van der Waals surface area contributed by atoms with Gasteiger partial charge in [-0.25, -0.2) is 4.79 Å². The normalized spacial score (nSPS) is 11.7. The second kappa shape index (κ2) is 10.1. The first-order valence-electron chi connectivity index (χ1n) is 11.6. The number of nitrogens with one attached hydrogen (secondary N) is 1. The van der Waals surface area contributed by atoms with Gasteiger partial charge in [0.1, 0.15) is 11.3 Å². The Morgan fingerprint density at radius 1 is 1.06 bits per heavy atom. The summed E-state index contributed by atoms with van der Waals surface area (Å²) in [7, 11) is 0. The van der Waals surface area contributed by atoms with Gasteiger partial charge in [-0.2, -0.15) is 0 Å². The SMILES string of the molecule is CC/N=c1/ccc2c(-c3cc(NC(N)=S)ccc3C(=O)O)c3ccc(N(CC)CC)cc3oc-2c1. The number of benzene rings is 3.